The van der Waals surface area contributed by atoms with Crippen LogP contribution in [0.15, 0.2) is 51.8 Å². The van der Waals surface area contributed by atoms with Gasteiger partial charge < -0.3 is 5.11 Å². The second kappa shape index (κ2) is 6.60. The van der Waals surface area contributed by atoms with Crippen LogP contribution >= 0.6 is 15.9 Å². The van der Waals surface area contributed by atoms with Gasteiger partial charge in [0.1, 0.15) is 0 Å². The summed E-state index contributed by atoms with van der Waals surface area (Å²) in [7, 11) is -3.62. The SMILES string of the molecule is Cc1c(Br)cccc1NS(=O)(=O)c1ccc(CCO)cc1. The highest BCUT2D eigenvalue weighted by molar-refractivity contribution is 9.10. The minimum absolute atomic E-state index is 0.0432. The highest BCUT2D eigenvalue weighted by atomic mass is 79.9. The first-order chi connectivity index (χ1) is 9.94. The molecule has 0 unspecified atom stereocenters. The maximum absolute atomic E-state index is 12.4. The number of rotatable bonds is 5. The van der Waals surface area contributed by atoms with E-state index < -0.39 is 10.0 Å². The fourth-order valence-electron chi connectivity index (χ4n) is 1.89. The summed E-state index contributed by atoms with van der Waals surface area (Å²) in [5, 5.41) is 8.87. The quantitative estimate of drug-likeness (QED) is 0.850. The van der Waals surface area contributed by atoms with E-state index in [1.54, 1.807) is 36.4 Å². The molecule has 0 saturated carbocycles. The molecule has 0 saturated heterocycles. The van der Waals surface area contributed by atoms with Gasteiger partial charge in [0.05, 0.1) is 10.6 Å². The molecule has 0 heterocycles. The van der Waals surface area contributed by atoms with Crippen LogP contribution in [-0.4, -0.2) is 20.1 Å². The smallest absolute Gasteiger partial charge is 0.261 e. The Bertz CT molecular complexity index is 727. The molecular weight excluding hydrogens is 354 g/mol. The zero-order valence-electron chi connectivity index (χ0n) is 11.5. The van der Waals surface area contributed by atoms with Crippen LogP contribution in [0.2, 0.25) is 0 Å². The van der Waals surface area contributed by atoms with Crippen LogP contribution in [0, 0.1) is 6.92 Å². The van der Waals surface area contributed by atoms with Crippen LogP contribution in [0.1, 0.15) is 11.1 Å². The summed E-state index contributed by atoms with van der Waals surface area (Å²) in [5.74, 6) is 0. The predicted molar refractivity (Wildman–Crippen MR) is 86.9 cm³/mol. The van der Waals surface area contributed by atoms with E-state index in [2.05, 4.69) is 20.7 Å². The molecule has 2 aromatic carbocycles. The molecule has 4 nitrogen and oxygen atoms in total. The normalized spacial score (nSPS) is 11.4. The second-order valence-corrected chi connectivity index (χ2v) is 7.17. The van der Waals surface area contributed by atoms with Crippen molar-refractivity contribution in [3.8, 4) is 0 Å². The second-order valence-electron chi connectivity index (χ2n) is 4.64. The summed E-state index contributed by atoms with van der Waals surface area (Å²) in [4.78, 5) is 0.198. The highest BCUT2D eigenvalue weighted by Gasteiger charge is 2.15. The van der Waals surface area contributed by atoms with Crippen LogP contribution in [0.4, 0.5) is 5.69 Å². The van der Waals surface area contributed by atoms with Crippen LogP contribution in [0.25, 0.3) is 0 Å². The molecular formula is C15H16BrNO3S. The van der Waals surface area contributed by atoms with E-state index >= 15 is 0 Å². The maximum Gasteiger partial charge on any atom is 0.261 e. The third kappa shape index (κ3) is 3.84. The van der Waals surface area contributed by atoms with Gasteiger partial charge in [-0.05, 0) is 48.7 Å². The van der Waals surface area contributed by atoms with Crippen molar-refractivity contribution in [1.82, 2.24) is 0 Å². The molecule has 0 radical (unpaired) electrons. The van der Waals surface area contributed by atoms with Crippen molar-refractivity contribution >= 4 is 31.6 Å². The van der Waals surface area contributed by atoms with Gasteiger partial charge in [-0.2, -0.15) is 0 Å². The van der Waals surface area contributed by atoms with Gasteiger partial charge in [-0.15, -0.1) is 0 Å². The minimum atomic E-state index is -3.62. The third-order valence-electron chi connectivity index (χ3n) is 3.15. The average Bonchev–Trinajstić information content (AvgIpc) is 2.45. The Morgan fingerprint density at radius 1 is 1.14 bits per heavy atom. The first-order valence-electron chi connectivity index (χ1n) is 6.42. The molecule has 0 atom stereocenters. The molecule has 0 amide bonds. The molecule has 2 N–H and O–H groups in total. The zero-order valence-corrected chi connectivity index (χ0v) is 13.9. The number of hydrogen-bond acceptors (Lipinski definition) is 3. The number of halogens is 1. The Morgan fingerprint density at radius 2 is 1.81 bits per heavy atom. The molecule has 0 fully saturated rings. The molecule has 0 aliphatic rings. The number of nitrogens with one attached hydrogen (secondary N) is 1. The van der Waals surface area contributed by atoms with Crippen molar-refractivity contribution < 1.29 is 13.5 Å². The van der Waals surface area contributed by atoms with Crippen molar-refractivity contribution in [3.05, 3.63) is 58.1 Å². The maximum atomic E-state index is 12.4. The van der Waals surface area contributed by atoms with Gasteiger partial charge in [-0.25, -0.2) is 8.42 Å². The molecule has 0 aliphatic heterocycles. The Balaban J connectivity index is 2.27. The fraction of sp³-hybridized carbons (Fsp3) is 0.200. The highest BCUT2D eigenvalue weighted by Crippen LogP contribution is 2.25. The molecule has 21 heavy (non-hydrogen) atoms. The van der Waals surface area contributed by atoms with E-state index in [1.807, 2.05) is 13.0 Å². The Hall–Kier alpha value is -1.37. The van der Waals surface area contributed by atoms with Crippen molar-refractivity contribution in [2.45, 2.75) is 18.2 Å². The molecule has 0 spiro atoms. The van der Waals surface area contributed by atoms with Gasteiger partial charge >= 0.3 is 0 Å². The van der Waals surface area contributed by atoms with Crippen molar-refractivity contribution in [3.63, 3.8) is 0 Å². The lowest BCUT2D eigenvalue weighted by Crippen LogP contribution is -2.14. The number of aliphatic hydroxyl groups excluding tert-OH is 1. The summed E-state index contributed by atoms with van der Waals surface area (Å²) >= 11 is 3.38. The van der Waals surface area contributed by atoms with E-state index in [0.717, 1.165) is 15.6 Å². The van der Waals surface area contributed by atoms with E-state index in [9.17, 15) is 8.42 Å². The van der Waals surface area contributed by atoms with E-state index in [1.165, 1.54) is 0 Å². The number of hydrogen-bond donors (Lipinski definition) is 2. The minimum Gasteiger partial charge on any atom is -0.396 e. The van der Waals surface area contributed by atoms with Gasteiger partial charge in [0.2, 0.25) is 0 Å². The average molecular weight is 370 g/mol. The van der Waals surface area contributed by atoms with E-state index in [4.69, 9.17) is 5.11 Å². The van der Waals surface area contributed by atoms with Gasteiger partial charge in [0.25, 0.3) is 10.0 Å². The molecule has 0 aromatic heterocycles. The Labute approximate surface area is 133 Å². The first-order valence-corrected chi connectivity index (χ1v) is 8.69. The zero-order chi connectivity index (χ0) is 15.5. The molecule has 2 rings (SSSR count). The summed E-state index contributed by atoms with van der Waals surface area (Å²) in [6.45, 7) is 1.88. The topological polar surface area (TPSA) is 66.4 Å². The predicted octanol–water partition coefficient (Wildman–Crippen LogP) is 3.09. The van der Waals surface area contributed by atoms with Gasteiger partial charge in [-0.1, -0.05) is 34.1 Å². The van der Waals surface area contributed by atoms with E-state index in [0.29, 0.717) is 12.1 Å². The van der Waals surface area contributed by atoms with Crippen molar-refractivity contribution in [1.29, 1.82) is 0 Å². The van der Waals surface area contributed by atoms with Crippen LogP contribution < -0.4 is 4.72 Å². The van der Waals surface area contributed by atoms with E-state index in [-0.39, 0.29) is 11.5 Å². The lowest BCUT2D eigenvalue weighted by atomic mass is 10.2. The Kier molecular flexibility index (Phi) is 5.03. The van der Waals surface area contributed by atoms with Crippen molar-refractivity contribution in [2.75, 3.05) is 11.3 Å². The number of sulfonamides is 1. The first kappa shape index (κ1) is 16.0. The number of aliphatic hydroxyl groups is 1. The summed E-state index contributed by atoms with van der Waals surface area (Å²) in [5.41, 5.74) is 2.27. The van der Waals surface area contributed by atoms with Crippen LogP contribution in [0.3, 0.4) is 0 Å². The largest absolute Gasteiger partial charge is 0.396 e. The van der Waals surface area contributed by atoms with Gasteiger partial charge in [0, 0.05) is 11.1 Å². The van der Waals surface area contributed by atoms with Crippen LogP contribution in [0.5, 0.6) is 0 Å². The monoisotopic (exact) mass is 369 g/mol. The lowest BCUT2D eigenvalue weighted by molar-refractivity contribution is 0.299. The molecule has 6 heteroatoms. The standard InChI is InChI=1S/C15H16BrNO3S/c1-11-14(16)3-2-4-15(11)17-21(19,20)13-7-5-12(6-8-13)9-10-18/h2-8,17-18H,9-10H2,1H3. The van der Waals surface area contributed by atoms with Crippen molar-refractivity contribution in [2.24, 2.45) is 0 Å². The third-order valence-corrected chi connectivity index (χ3v) is 5.39. The van der Waals surface area contributed by atoms with Gasteiger partial charge in [0.15, 0.2) is 0 Å². The molecule has 112 valence electrons. The molecule has 0 aliphatic carbocycles. The number of anilines is 1. The Morgan fingerprint density at radius 3 is 2.43 bits per heavy atom. The van der Waals surface area contributed by atoms with Gasteiger partial charge in [-0.3, -0.25) is 4.72 Å². The van der Waals surface area contributed by atoms with Crippen LogP contribution in [-0.2, 0) is 16.4 Å². The lowest BCUT2D eigenvalue weighted by Gasteiger charge is -2.12. The summed E-state index contributed by atoms with van der Waals surface area (Å²) < 4.78 is 28.2. The fourth-order valence-corrected chi connectivity index (χ4v) is 3.38. The molecule has 0 bridgehead atoms. The summed E-state index contributed by atoms with van der Waals surface area (Å²) in [6.07, 6.45) is 0.512. The number of benzene rings is 2. The summed E-state index contributed by atoms with van der Waals surface area (Å²) in [6, 6.07) is 11.9. The molecule has 2 aromatic rings.